The third-order valence-electron chi connectivity index (χ3n) is 4.61. The number of amides is 2. The zero-order valence-electron chi connectivity index (χ0n) is 18.1. The van der Waals surface area contributed by atoms with Gasteiger partial charge in [0, 0.05) is 24.0 Å². The number of aromatic nitrogens is 1. The van der Waals surface area contributed by atoms with Gasteiger partial charge in [-0.2, -0.15) is 22.0 Å². The van der Waals surface area contributed by atoms with Crippen molar-refractivity contribution >= 4 is 46.4 Å². The van der Waals surface area contributed by atoms with Gasteiger partial charge in [0.25, 0.3) is 18.0 Å². The molecule has 0 bridgehead atoms. The van der Waals surface area contributed by atoms with Gasteiger partial charge in [0.1, 0.15) is 17.1 Å². The molecule has 0 aliphatic carbocycles. The van der Waals surface area contributed by atoms with Crippen LogP contribution in [0.4, 0.5) is 46.5 Å². The fraction of sp³-hybridized carbons (Fsp3) is 0.136. The molecule has 6 nitrogen and oxygen atoms in total. The highest BCUT2D eigenvalue weighted by atomic mass is 35.5. The molecule has 0 radical (unpaired) electrons. The summed E-state index contributed by atoms with van der Waals surface area (Å²) >= 11 is 11.5. The Balaban J connectivity index is 1.84. The van der Waals surface area contributed by atoms with E-state index in [9.17, 15) is 44.7 Å². The molecule has 0 aliphatic heterocycles. The quantitative estimate of drug-likeness (QED) is 0.290. The van der Waals surface area contributed by atoms with Crippen molar-refractivity contribution in [3.05, 3.63) is 81.6 Å². The van der Waals surface area contributed by atoms with Gasteiger partial charge in [-0.25, -0.2) is 13.2 Å². The van der Waals surface area contributed by atoms with E-state index in [1.54, 1.807) is 0 Å². The third kappa shape index (κ3) is 6.42. The molecule has 2 amide bonds. The summed E-state index contributed by atoms with van der Waals surface area (Å²) in [6.45, 7) is 0. The van der Waals surface area contributed by atoms with E-state index in [4.69, 9.17) is 23.2 Å². The largest absolute Gasteiger partial charge is 0.439 e. The molecule has 3 rings (SSSR count). The summed E-state index contributed by atoms with van der Waals surface area (Å²) in [7, 11) is 0. The Labute approximate surface area is 217 Å². The SMILES string of the molecule is O=C(Nc1ccc(F)c(C(=O)Nc2cc(Cl)c(OC(F)(F)C(F)C(F)(F)F)cc2Cl)c1F)c1ccncc1. The van der Waals surface area contributed by atoms with Crippen molar-refractivity contribution in [1.29, 1.82) is 0 Å². The number of ether oxygens (including phenoxy) is 1. The molecule has 3 aromatic rings. The summed E-state index contributed by atoms with van der Waals surface area (Å²) in [4.78, 5) is 28.6. The Hall–Kier alpha value is -3.65. The molecular formula is C22H11Cl2F8N3O3. The number of halogens is 10. The number of hydrogen-bond acceptors (Lipinski definition) is 4. The second-order valence-electron chi connectivity index (χ2n) is 7.26. The molecule has 38 heavy (non-hydrogen) atoms. The monoisotopic (exact) mass is 587 g/mol. The first-order valence-corrected chi connectivity index (χ1v) is 10.6. The lowest BCUT2D eigenvalue weighted by Gasteiger charge is -2.24. The van der Waals surface area contributed by atoms with E-state index in [1.807, 2.05) is 5.32 Å². The van der Waals surface area contributed by atoms with Crippen LogP contribution in [-0.4, -0.2) is 35.3 Å². The molecule has 0 saturated carbocycles. The minimum absolute atomic E-state index is 0.0679. The Morgan fingerprint density at radius 3 is 2.08 bits per heavy atom. The fourth-order valence-corrected chi connectivity index (χ4v) is 3.23. The van der Waals surface area contributed by atoms with Gasteiger partial charge in [-0.3, -0.25) is 14.6 Å². The van der Waals surface area contributed by atoms with E-state index in [0.717, 1.165) is 6.07 Å². The Morgan fingerprint density at radius 2 is 1.47 bits per heavy atom. The van der Waals surface area contributed by atoms with Crippen LogP contribution in [0.2, 0.25) is 10.0 Å². The Bertz CT molecular complexity index is 1370. The number of carbonyl (C=O) groups excluding carboxylic acids is 2. The van der Waals surface area contributed by atoms with Crippen LogP contribution < -0.4 is 15.4 Å². The Morgan fingerprint density at radius 1 is 0.868 bits per heavy atom. The lowest BCUT2D eigenvalue weighted by atomic mass is 10.1. The van der Waals surface area contributed by atoms with Gasteiger partial charge >= 0.3 is 12.3 Å². The molecule has 1 unspecified atom stereocenters. The van der Waals surface area contributed by atoms with E-state index in [1.165, 1.54) is 24.5 Å². The zero-order chi connectivity index (χ0) is 28.4. The molecule has 0 aliphatic rings. The van der Waals surface area contributed by atoms with Crippen molar-refractivity contribution in [2.45, 2.75) is 18.5 Å². The zero-order valence-corrected chi connectivity index (χ0v) is 19.7. The first-order chi connectivity index (χ1) is 17.6. The number of nitrogens with one attached hydrogen (secondary N) is 2. The van der Waals surface area contributed by atoms with Crippen LogP contribution in [0.25, 0.3) is 0 Å². The van der Waals surface area contributed by atoms with E-state index >= 15 is 0 Å². The second-order valence-corrected chi connectivity index (χ2v) is 8.07. The first kappa shape index (κ1) is 28.9. The summed E-state index contributed by atoms with van der Waals surface area (Å²) in [5, 5.41) is 2.55. The van der Waals surface area contributed by atoms with Crippen molar-refractivity contribution in [1.82, 2.24) is 4.98 Å². The average molecular weight is 588 g/mol. The Kier molecular flexibility index (Phi) is 8.36. The smallest absolute Gasteiger partial charge is 0.428 e. The minimum atomic E-state index is -5.96. The van der Waals surface area contributed by atoms with Crippen LogP contribution in [0.3, 0.4) is 0 Å². The summed E-state index contributed by atoms with van der Waals surface area (Å²) in [5.41, 5.74) is -2.24. The standard InChI is InChI=1S/C22H11Cl2F8N3O3/c23-10-8-15(38-22(31,32)20(27)21(28,29)30)11(24)7-14(10)35-19(37)16-12(25)1-2-13(17(16)26)34-18(36)9-3-5-33-6-4-9/h1-8,20H,(H,34,36)(H,35,37). The number of hydrogen-bond donors (Lipinski definition) is 2. The fourth-order valence-electron chi connectivity index (χ4n) is 2.83. The summed E-state index contributed by atoms with van der Waals surface area (Å²) in [6.07, 6.45) is -13.5. The molecule has 16 heteroatoms. The van der Waals surface area contributed by atoms with Crippen LogP contribution in [0, 0.1) is 11.6 Å². The van der Waals surface area contributed by atoms with Crippen molar-refractivity contribution in [2.75, 3.05) is 10.6 Å². The van der Waals surface area contributed by atoms with Crippen molar-refractivity contribution in [3.8, 4) is 5.75 Å². The molecular weight excluding hydrogens is 577 g/mol. The van der Waals surface area contributed by atoms with Crippen molar-refractivity contribution in [3.63, 3.8) is 0 Å². The predicted molar refractivity (Wildman–Crippen MR) is 119 cm³/mol. The number of anilines is 2. The van der Waals surface area contributed by atoms with Gasteiger partial charge in [-0.05, 0) is 30.3 Å². The van der Waals surface area contributed by atoms with Gasteiger partial charge in [-0.15, -0.1) is 0 Å². The van der Waals surface area contributed by atoms with Gasteiger partial charge in [-0.1, -0.05) is 23.2 Å². The highest BCUT2D eigenvalue weighted by Gasteiger charge is 2.59. The molecule has 0 saturated heterocycles. The number of carbonyl (C=O) groups is 2. The molecule has 2 N–H and O–H groups in total. The molecule has 0 spiro atoms. The number of pyridine rings is 1. The van der Waals surface area contributed by atoms with Crippen LogP contribution in [0.5, 0.6) is 5.75 Å². The second kappa shape index (κ2) is 11.0. The summed E-state index contributed by atoms with van der Waals surface area (Å²) in [5.74, 6) is -6.34. The molecule has 0 fully saturated rings. The molecule has 1 heterocycles. The molecule has 1 atom stereocenters. The lowest BCUT2D eigenvalue weighted by molar-refractivity contribution is -0.304. The maximum absolute atomic E-state index is 14.9. The summed E-state index contributed by atoms with van der Waals surface area (Å²) in [6, 6.07) is 5.15. The maximum Gasteiger partial charge on any atom is 0.439 e. The highest BCUT2D eigenvalue weighted by Crippen LogP contribution is 2.41. The van der Waals surface area contributed by atoms with Crippen LogP contribution in [0.15, 0.2) is 48.8 Å². The topological polar surface area (TPSA) is 80.3 Å². The molecule has 1 aromatic heterocycles. The van der Waals surface area contributed by atoms with Crippen molar-refractivity contribution in [2.24, 2.45) is 0 Å². The lowest BCUT2D eigenvalue weighted by Crippen LogP contribution is -2.45. The van der Waals surface area contributed by atoms with E-state index in [2.05, 4.69) is 15.0 Å². The number of nitrogens with zero attached hydrogens (tertiary/aromatic N) is 1. The average Bonchev–Trinajstić information content (AvgIpc) is 2.83. The van der Waals surface area contributed by atoms with Gasteiger partial charge in [0.05, 0.1) is 21.4 Å². The summed E-state index contributed by atoms with van der Waals surface area (Å²) < 4.78 is 110. The van der Waals surface area contributed by atoms with Gasteiger partial charge < -0.3 is 15.4 Å². The molecule has 202 valence electrons. The first-order valence-electron chi connectivity index (χ1n) is 9.89. The molecule has 2 aromatic carbocycles. The normalized spacial score (nSPS) is 12.6. The third-order valence-corrected chi connectivity index (χ3v) is 5.22. The van der Waals surface area contributed by atoms with E-state index in [0.29, 0.717) is 18.2 Å². The van der Waals surface area contributed by atoms with Crippen LogP contribution in [0.1, 0.15) is 20.7 Å². The number of alkyl halides is 6. The maximum atomic E-state index is 14.9. The minimum Gasteiger partial charge on any atom is -0.428 e. The predicted octanol–water partition coefficient (Wildman–Crippen LogP) is 7.04. The van der Waals surface area contributed by atoms with E-state index < -0.39 is 74.6 Å². The van der Waals surface area contributed by atoms with Crippen molar-refractivity contribution < 1.29 is 49.4 Å². The number of benzene rings is 2. The van der Waals surface area contributed by atoms with Gasteiger partial charge in [0.2, 0.25) is 0 Å². The number of rotatable bonds is 7. The highest BCUT2D eigenvalue weighted by molar-refractivity contribution is 6.36. The van der Waals surface area contributed by atoms with E-state index in [-0.39, 0.29) is 5.56 Å². The van der Waals surface area contributed by atoms with Gasteiger partial charge in [0.15, 0.2) is 5.82 Å². The van der Waals surface area contributed by atoms with Crippen LogP contribution >= 0.6 is 23.2 Å². The van der Waals surface area contributed by atoms with Crippen LogP contribution in [-0.2, 0) is 0 Å².